The summed E-state index contributed by atoms with van der Waals surface area (Å²) in [5, 5.41) is 2.77. The zero-order chi connectivity index (χ0) is 12.4. The number of fused-ring (bicyclic) bond motifs is 1. The minimum Gasteiger partial charge on any atom is -0.328 e. The zero-order valence-electron chi connectivity index (χ0n) is 10.8. The molecule has 0 aromatic heterocycles. The van der Waals surface area contributed by atoms with Crippen LogP contribution in [-0.4, -0.2) is 6.04 Å². The molecule has 0 radical (unpaired) electrons. The number of hydrogen-bond donors (Lipinski definition) is 1. The molecule has 0 aliphatic heterocycles. The Morgan fingerprint density at radius 3 is 2.61 bits per heavy atom. The van der Waals surface area contributed by atoms with Crippen molar-refractivity contribution < 1.29 is 0 Å². The van der Waals surface area contributed by atoms with Crippen LogP contribution in [0.25, 0.3) is 10.8 Å². The molecule has 2 N–H and O–H groups in total. The van der Waals surface area contributed by atoms with Crippen LogP contribution in [0.15, 0.2) is 42.5 Å². The third-order valence-electron chi connectivity index (χ3n) is 4.23. The molecule has 2 unspecified atom stereocenters. The van der Waals surface area contributed by atoms with Crippen LogP contribution in [0.3, 0.4) is 0 Å². The molecule has 0 spiro atoms. The highest BCUT2D eigenvalue weighted by molar-refractivity contribution is 5.86. The van der Waals surface area contributed by atoms with Gasteiger partial charge in [-0.2, -0.15) is 0 Å². The SMILES string of the molecule is NC1CCCCC(c2cccc3ccccc23)C1. The molecule has 1 aliphatic rings. The number of benzene rings is 2. The molecule has 94 valence electrons. The second-order valence-electron chi connectivity index (χ2n) is 5.55. The fraction of sp³-hybridized carbons (Fsp3) is 0.412. The lowest BCUT2D eigenvalue weighted by atomic mass is 9.87. The normalized spacial score (nSPS) is 24.9. The first-order valence-electron chi connectivity index (χ1n) is 7.08. The third-order valence-corrected chi connectivity index (χ3v) is 4.23. The molecular weight excluding hydrogens is 218 g/mol. The molecular formula is C17H21N. The van der Waals surface area contributed by atoms with Crippen molar-refractivity contribution in [3.63, 3.8) is 0 Å². The van der Waals surface area contributed by atoms with Gasteiger partial charge >= 0.3 is 0 Å². The van der Waals surface area contributed by atoms with Crippen LogP contribution in [-0.2, 0) is 0 Å². The summed E-state index contributed by atoms with van der Waals surface area (Å²) in [6.07, 6.45) is 6.25. The lowest BCUT2D eigenvalue weighted by Crippen LogP contribution is -2.20. The van der Waals surface area contributed by atoms with Crippen molar-refractivity contribution in [2.75, 3.05) is 0 Å². The van der Waals surface area contributed by atoms with Crippen molar-refractivity contribution in [1.82, 2.24) is 0 Å². The van der Waals surface area contributed by atoms with E-state index in [0.717, 1.165) is 6.42 Å². The van der Waals surface area contributed by atoms with Crippen LogP contribution < -0.4 is 5.73 Å². The van der Waals surface area contributed by atoms with E-state index in [4.69, 9.17) is 5.73 Å². The quantitative estimate of drug-likeness (QED) is 0.741. The predicted molar refractivity (Wildman–Crippen MR) is 77.7 cm³/mol. The topological polar surface area (TPSA) is 26.0 Å². The first kappa shape index (κ1) is 11.7. The van der Waals surface area contributed by atoms with E-state index in [0.29, 0.717) is 12.0 Å². The Kier molecular flexibility index (Phi) is 3.33. The molecule has 0 amide bonds. The first-order valence-corrected chi connectivity index (χ1v) is 7.08. The lowest BCUT2D eigenvalue weighted by Gasteiger charge is -2.19. The average molecular weight is 239 g/mol. The Morgan fingerprint density at radius 2 is 1.67 bits per heavy atom. The summed E-state index contributed by atoms with van der Waals surface area (Å²) in [7, 11) is 0. The molecule has 1 nitrogen and oxygen atoms in total. The standard InChI is InChI=1S/C17H21N/c18-15-9-3-1-7-14(12-15)17-11-5-8-13-6-2-4-10-16(13)17/h2,4-6,8,10-11,14-15H,1,3,7,9,12,18H2. The van der Waals surface area contributed by atoms with E-state index in [1.165, 1.54) is 42.0 Å². The Hall–Kier alpha value is -1.34. The van der Waals surface area contributed by atoms with E-state index in [1.54, 1.807) is 0 Å². The van der Waals surface area contributed by atoms with Crippen molar-refractivity contribution in [2.24, 2.45) is 5.73 Å². The fourth-order valence-corrected chi connectivity index (χ4v) is 3.29. The molecule has 2 atom stereocenters. The summed E-state index contributed by atoms with van der Waals surface area (Å²) in [5.74, 6) is 0.647. The summed E-state index contributed by atoms with van der Waals surface area (Å²) in [6, 6.07) is 15.8. The van der Waals surface area contributed by atoms with Crippen LogP contribution in [0.4, 0.5) is 0 Å². The van der Waals surface area contributed by atoms with Gasteiger partial charge < -0.3 is 5.73 Å². The molecule has 1 saturated carbocycles. The van der Waals surface area contributed by atoms with Gasteiger partial charge in [0.25, 0.3) is 0 Å². The molecule has 1 aliphatic carbocycles. The van der Waals surface area contributed by atoms with Crippen LogP contribution in [0.5, 0.6) is 0 Å². The summed E-state index contributed by atoms with van der Waals surface area (Å²) >= 11 is 0. The summed E-state index contributed by atoms with van der Waals surface area (Å²) in [5.41, 5.74) is 7.71. The van der Waals surface area contributed by atoms with E-state index in [1.807, 2.05) is 0 Å². The second kappa shape index (κ2) is 5.11. The van der Waals surface area contributed by atoms with E-state index in [9.17, 15) is 0 Å². The van der Waals surface area contributed by atoms with E-state index in [2.05, 4.69) is 42.5 Å². The molecule has 2 aromatic rings. The molecule has 0 saturated heterocycles. The zero-order valence-corrected chi connectivity index (χ0v) is 10.8. The van der Waals surface area contributed by atoms with Crippen molar-refractivity contribution in [3.05, 3.63) is 48.0 Å². The van der Waals surface area contributed by atoms with Gasteiger partial charge in [0.05, 0.1) is 0 Å². The smallest absolute Gasteiger partial charge is 0.00446 e. The minimum atomic E-state index is 0.386. The van der Waals surface area contributed by atoms with Crippen molar-refractivity contribution >= 4 is 10.8 Å². The monoisotopic (exact) mass is 239 g/mol. The largest absolute Gasteiger partial charge is 0.328 e. The van der Waals surface area contributed by atoms with E-state index < -0.39 is 0 Å². The Labute approximate surface area is 109 Å². The molecule has 1 fully saturated rings. The van der Waals surface area contributed by atoms with Crippen LogP contribution in [0.1, 0.15) is 43.6 Å². The van der Waals surface area contributed by atoms with Crippen molar-refractivity contribution in [2.45, 2.75) is 44.1 Å². The molecule has 0 bridgehead atoms. The number of hydrogen-bond acceptors (Lipinski definition) is 1. The first-order chi connectivity index (χ1) is 8.84. The van der Waals surface area contributed by atoms with Crippen LogP contribution in [0, 0.1) is 0 Å². The summed E-state index contributed by atoms with van der Waals surface area (Å²) < 4.78 is 0. The van der Waals surface area contributed by atoms with Crippen molar-refractivity contribution in [1.29, 1.82) is 0 Å². The van der Waals surface area contributed by atoms with Crippen molar-refractivity contribution in [3.8, 4) is 0 Å². The molecule has 2 aromatic carbocycles. The molecule has 1 heteroatoms. The minimum absolute atomic E-state index is 0.386. The van der Waals surface area contributed by atoms with Gasteiger partial charge in [-0.25, -0.2) is 0 Å². The van der Waals surface area contributed by atoms with Gasteiger partial charge in [-0.1, -0.05) is 55.3 Å². The maximum Gasteiger partial charge on any atom is 0.00446 e. The highest BCUT2D eigenvalue weighted by atomic mass is 14.6. The highest BCUT2D eigenvalue weighted by Gasteiger charge is 2.20. The maximum atomic E-state index is 6.21. The Bertz CT molecular complexity index is 527. The summed E-state index contributed by atoms with van der Waals surface area (Å²) in [4.78, 5) is 0. The lowest BCUT2D eigenvalue weighted by molar-refractivity contribution is 0.538. The second-order valence-corrected chi connectivity index (χ2v) is 5.55. The molecule has 18 heavy (non-hydrogen) atoms. The van der Waals surface area contributed by atoms with Gasteiger partial charge in [-0.15, -0.1) is 0 Å². The Morgan fingerprint density at radius 1 is 0.889 bits per heavy atom. The fourth-order valence-electron chi connectivity index (χ4n) is 3.29. The third kappa shape index (κ3) is 2.28. The van der Waals surface area contributed by atoms with E-state index in [-0.39, 0.29) is 0 Å². The maximum absolute atomic E-state index is 6.21. The Balaban J connectivity index is 2.02. The predicted octanol–water partition coefficient (Wildman–Crippen LogP) is 4.21. The van der Waals surface area contributed by atoms with Gasteiger partial charge in [0, 0.05) is 6.04 Å². The molecule has 3 rings (SSSR count). The number of nitrogens with two attached hydrogens (primary N) is 1. The van der Waals surface area contributed by atoms with Gasteiger partial charge in [0.2, 0.25) is 0 Å². The van der Waals surface area contributed by atoms with Gasteiger partial charge in [0.1, 0.15) is 0 Å². The number of rotatable bonds is 1. The highest BCUT2D eigenvalue weighted by Crippen LogP contribution is 2.35. The van der Waals surface area contributed by atoms with Crippen LogP contribution >= 0.6 is 0 Å². The van der Waals surface area contributed by atoms with Gasteiger partial charge in [0.15, 0.2) is 0 Å². The van der Waals surface area contributed by atoms with Gasteiger partial charge in [-0.3, -0.25) is 0 Å². The average Bonchev–Trinajstić information content (AvgIpc) is 2.63. The van der Waals surface area contributed by atoms with Gasteiger partial charge in [-0.05, 0) is 41.5 Å². The summed E-state index contributed by atoms with van der Waals surface area (Å²) in [6.45, 7) is 0. The van der Waals surface area contributed by atoms with E-state index >= 15 is 0 Å². The van der Waals surface area contributed by atoms with Crippen LogP contribution in [0.2, 0.25) is 0 Å². The molecule has 0 heterocycles.